The van der Waals surface area contributed by atoms with E-state index in [1.165, 1.54) is 11.0 Å². The topological polar surface area (TPSA) is 12.0 Å². The minimum Gasteiger partial charge on any atom is -0.313 e. The third-order valence-electron chi connectivity index (χ3n) is 2.56. The molecule has 0 heterocycles. The summed E-state index contributed by atoms with van der Waals surface area (Å²) in [5.41, 5.74) is 1.01. The quantitative estimate of drug-likeness (QED) is 0.870. The van der Waals surface area contributed by atoms with Gasteiger partial charge >= 0.3 is 0 Å². The first kappa shape index (κ1) is 13.1. The lowest BCUT2D eigenvalue weighted by atomic mass is 10.2. The van der Waals surface area contributed by atoms with E-state index in [0.29, 0.717) is 6.54 Å². The van der Waals surface area contributed by atoms with E-state index in [0.717, 1.165) is 17.0 Å². The summed E-state index contributed by atoms with van der Waals surface area (Å²) in [5, 5.41) is 3.24. The van der Waals surface area contributed by atoms with Gasteiger partial charge in [-0.15, -0.1) is 0 Å². The highest BCUT2D eigenvalue weighted by Gasteiger charge is 2.05. The maximum absolute atomic E-state index is 13.3. The molecular weight excluding hydrogens is 245 g/mol. The van der Waals surface area contributed by atoms with Crippen LogP contribution in [0.1, 0.15) is 12.5 Å². The molecule has 2 aromatic carbocycles. The second-order valence-corrected chi connectivity index (χ2v) is 5.06. The fourth-order valence-electron chi connectivity index (χ4n) is 1.66. The van der Waals surface area contributed by atoms with Crippen LogP contribution in [0.5, 0.6) is 0 Å². The minimum atomic E-state index is -0.180. The number of halogens is 1. The van der Waals surface area contributed by atoms with Crippen LogP contribution in [0.25, 0.3) is 0 Å². The fourth-order valence-corrected chi connectivity index (χ4v) is 2.61. The normalized spacial score (nSPS) is 10.6. The van der Waals surface area contributed by atoms with Crippen LogP contribution in [0.4, 0.5) is 4.39 Å². The zero-order valence-corrected chi connectivity index (χ0v) is 11.1. The van der Waals surface area contributed by atoms with Crippen molar-refractivity contribution < 1.29 is 4.39 Å². The van der Waals surface area contributed by atoms with E-state index < -0.39 is 0 Å². The second kappa shape index (κ2) is 6.57. The predicted molar refractivity (Wildman–Crippen MR) is 74.3 cm³/mol. The van der Waals surface area contributed by atoms with E-state index in [1.54, 1.807) is 17.8 Å². The Bertz CT molecular complexity index is 499. The van der Waals surface area contributed by atoms with Crippen molar-refractivity contribution in [3.8, 4) is 0 Å². The Labute approximate surface area is 111 Å². The summed E-state index contributed by atoms with van der Waals surface area (Å²) in [6.07, 6.45) is 0. The van der Waals surface area contributed by atoms with Gasteiger partial charge in [0.15, 0.2) is 0 Å². The Balaban J connectivity index is 2.21. The molecule has 0 aromatic heterocycles. The number of hydrogen-bond donors (Lipinski definition) is 1. The van der Waals surface area contributed by atoms with Crippen LogP contribution in [-0.4, -0.2) is 6.54 Å². The van der Waals surface area contributed by atoms with E-state index in [2.05, 4.69) is 17.4 Å². The maximum atomic E-state index is 13.3. The highest BCUT2D eigenvalue weighted by Crippen LogP contribution is 2.30. The Morgan fingerprint density at radius 2 is 1.89 bits per heavy atom. The molecule has 0 aliphatic rings. The van der Waals surface area contributed by atoms with Crippen molar-refractivity contribution in [3.05, 3.63) is 59.9 Å². The summed E-state index contributed by atoms with van der Waals surface area (Å²) in [4.78, 5) is 2.27. The van der Waals surface area contributed by atoms with Crippen molar-refractivity contribution in [1.82, 2.24) is 5.32 Å². The Hall–Kier alpha value is -1.32. The molecule has 0 bridgehead atoms. The van der Waals surface area contributed by atoms with Gasteiger partial charge in [0.05, 0.1) is 0 Å². The molecule has 0 unspecified atom stereocenters. The first-order valence-corrected chi connectivity index (χ1v) is 6.83. The average molecular weight is 261 g/mol. The van der Waals surface area contributed by atoms with Crippen LogP contribution in [0.3, 0.4) is 0 Å². The molecular formula is C15H16FNS. The van der Waals surface area contributed by atoms with Crippen LogP contribution in [0.15, 0.2) is 58.3 Å². The molecule has 94 valence electrons. The third-order valence-corrected chi connectivity index (χ3v) is 3.69. The Morgan fingerprint density at radius 1 is 1.11 bits per heavy atom. The average Bonchev–Trinajstić information content (AvgIpc) is 2.40. The lowest BCUT2D eigenvalue weighted by Crippen LogP contribution is -2.12. The molecule has 0 amide bonds. The van der Waals surface area contributed by atoms with Gasteiger partial charge in [-0.25, -0.2) is 4.39 Å². The van der Waals surface area contributed by atoms with Crippen LogP contribution >= 0.6 is 11.8 Å². The van der Waals surface area contributed by atoms with E-state index in [9.17, 15) is 4.39 Å². The van der Waals surface area contributed by atoms with Gasteiger partial charge in [0, 0.05) is 16.3 Å². The van der Waals surface area contributed by atoms with E-state index >= 15 is 0 Å². The van der Waals surface area contributed by atoms with Crippen molar-refractivity contribution >= 4 is 11.8 Å². The maximum Gasteiger partial charge on any atom is 0.123 e. The standard InChI is InChI=1S/C15H16FNS/c1-2-17-11-12-10-13(16)8-9-15(12)18-14-6-4-3-5-7-14/h3-10,17H,2,11H2,1H3. The summed E-state index contributed by atoms with van der Waals surface area (Å²) in [6.45, 7) is 3.62. The summed E-state index contributed by atoms with van der Waals surface area (Å²) >= 11 is 1.67. The first-order valence-electron chi connectivity index (χ1n) is 6.01. The van der Waals surface area contributed by atoms with E-state index in [4.69, 9.17) is 0 Å². The first-order chi connectivity index (χ1) is 8.79. The van der Waals surface area contributed by atoms with Crippen LogP contribution < -0.4 is 5.32 Å². The summed E-state index contributed by atoms with van der Waals surface area (Å²) in [7, 11) is 0. The molecule has 0 saturated heterocycles. The summed E-state index contributed by atoms with van der Waals surface area (Å²) in [5.74, 6) is -0.180. The summed E-state index contributed by atoms with van der Waals surface area (Å²) in [6, 6.07) is 15.1. The SMILES string of the molecule is CCNCc1cc(F)ccc1Sc1ccccc1. The van der Waals surface area contributed by atoms with Gasteiger partial charge in [-0.2, -0.15) is 0 Å². The van der Waals surface area contributed by atoms with Crippen LogP contribution in [0, 0.1) is 5.82 Å². The molecule has 2 rings (SSSR count). The Kier molecular flexibility index (Phi) is 4.79. The number of hydrogen-bond acceptors (Lipinski definition) is 2. The molecule has 0 atom stereocenters. The molecule has 0 aliphatic carbocycles. The molecule has 1 N–H and O–H groups in total. The number of rotatable bonds is 5. The molecule has 0 saturated carbocycles. The zero-order chi connectivity index (χ0) is 12.8. The number of nitrogens with one attached hydrogen (secondary N) is 1. The molecule has 2 aromatic rings. The van der Waals surface area contributed by atoms with Crippen molar-refractivity contribution in [2.24, 2.45) is 0 Å². The largest absolute Gasteiger partial charge is 0.313 e. The van der Waals surface area contributed by atoms with Crippen molar-refractivity contribution in [2.45, 2.75) is 23.3 Å². The molecule has 0 spiro atoms. The van der Waals surface area contributed by atoms with Crippen molar-refractivity contribution in [1.29, 1.82) is 0 Å². The molecule has 0 aliphatic heterocycles. The summed E-state index contributed by atoms with van der Waals surface area (Å²) < 4.78 is 13.3. The van der Waals surface area contributed by atoms with Gasteiger partial charge in [0.1, 0.15) is 5.82 Å². The van der Waals surface area contributed by atoms with Gasteiger partial charge in [-0.05, 0) is 42.4 Å². The molecule has 1 nitrogen and oxygen atoms in total. The second-order valence-electron chi connectivity index (χ2n) is 3.95. The van der Waals surface area contributed by atoms with Crippen LogP contribution in [0.2, 0.25) is 0 Å². The molecule has 0 radical (unpaired) electrons. The van der Waals surface area contributed by atoms with Gasteiger partial charge in [-0.1, -0.05) is 36.9 Å². The van der Waals surface area contributed by atoms with Crippen LogP contribution in [-0.2, 0) is 6.54 Å². The van der Waals surface area contributed by atoms with Gasteiger partial charge in [-0.3, -0.25) is 0 Å². The minimum absolute atomic E-state index is 0.180. The highest BCUT2D eigenvalue weighted by atomic mass is 32.2. The van der Waals surface area contributed by atoms with E-state index in [1.807, 2.05) is 31.2 Å². The number of benzene rings is 2. The lowest BCUT2D eigenvalue weighted by molar-refractivity contribution is 0.619. The van der Waals surface area contributed by atoms with E-state index in [-0.39, 0.29) is 5.82 Å². The van der Waals surface area contributed by atoms with Gasteiger partial charge in [0.2, 0.25) is 0 Å². The fraction of sp³-hybridized carbons (Fsp3) is 0.200. The van der Waals surface area contributed by atoms with Crippen molar-refractivity contribution in [3.63, 3.8) is 0 Å². The molecule has 0 fully saturated rings. The lowest BCUT2D eigenvalue weighted by Gasteiger charge is -2.09. The highest BCUT2D eigenvalue weighted by molar-refractivity contribution is 7.99. The smallest absolute Gasteiger partial charge is 0.123 e. The van der Waals surface area contributed by atoms with Crippen molar-refractivity contribution in [2.75, 3.05) is 6.54 Å². The predicted octanol–water partition coefficient (Wildman–Crippen LogP) is 4.09. The van der Waals surface area contributed by atoms with Gasteiger partial charge < -0.3 is 5.32 Å². The Morgan fingerprint density at radius 3 is 2.61 bits per heavy atom. The molecule has 3 heteroatoms. The molecule has 18 heavy (non-hydrogen) atoms. The monoisotopic (exact) mass is 261 g/mol. The third kappa shape index (κ3) is 3.59. The van der Waals surface area contributed by atoms with Gasteiger partial charge in [0.25, 0.3) is 0 Å². The zero-order valence-electron chi connectivity index (χ0n) is 10.3.